The summed E-state index contributed by atoms with van der Waals surface area (Å²) in [4.78, 5) is 28.2. The molecule has 0 saturated carbocycles. The molecule has 136 valence electrons. The van der Waals surface area contributed by atoms with Gasteiger partial charge < -0.3 is 14.4 Å². The fraction of sp³-hybridized carbons (Fsp3) is 0.474. The Morgan fingerprint density at radius 1 is 1.00 bits per heavy atom. The molecule has 0 atom stereocenters. The summed E-state index contributed by atoms with van der Waals surface area (Å²) in [5, 5.41) is 0. The summed E-state index contributed by atoms with van der Waals surface area (Å²) in [5.41, 5.74) is 1.54. The molecule has 0 bridgehead atoms. The summed E-state index contributed by atoms with van der Waals surface area (Å²) >= 11 is 0. The molecular formula is C19H26N2O4. The van der Waals surface area contributed by atoms with E-state index < -0.39 is 11.9 Å². The van der Waals surface area contributed by atoms with Crippen molar-refractivity contribution in [2.24, 2.45) is 0 Å². The minimum absolute atomic E-state index is 0.271. The van der Waals surface area contributed by atoms with Crippen LogP contribution < -0.4 is 0 Å². The minimum Gasteiger partial charge on any atom is -0.463 e. The maximum absolute atomic E-state index is 12.2. The molecule has 6 nitrogen and oxygen atoms in total. The second-order valence-electron chi connectivity index (χ2n) is 5.75. The first kappa shape index (κ1) is 19.0. The number of rotatable bonds is 7. The van der Waals surface area contributed by atoms with Gasteiger partial charge in [0.15, 0.2) is 0 Å². The molecule has 1 saturated heterocycles. The Hall–Kier alpha value is -2.34. The maximum atomic E-state index is 12.2. The van der Waals surface area contributed by atoms with E-state index in [-0.39, 0.29) is 18.9 Å². The van der Waals surface area contributed by atoms with Crippen LogP contribution in [0.3, 0.4) is 0 Å². The molecular weight excluding hydrogens is 320 g/mol. The van der Waals surface area contributed by atoms with Gasteiger partial charge in [0.25, 0.3) is 0 Å². The number of carbonyl (C=O) groups is 2. The first-order valence-corrected chi connectivity index (χ1v) is 8.70. The van der Waals surface area contributed by atoms with Crippen LogP contribution in [-0.4, -0.2) is 61.1 Å². The van der Waals surface area contributed by atoms with Gasteiger partial charge in [-0.2, -0.15) is 0 Å². The molecule has 0 aromatic heterocycles. The molecule has 1 heterocycles. The van der Waals surface area contributed by atoms with Crippen LogP contribution in [0.15, 0.2) is 42.1 Å². The zero-order chi connectivity index (χ0) is 18.1. The predicted octanol–water partition coefficient (Wildman–Crippen LogP) is 1.81. The van der Waals surface area contributed by atoms with Crippen LogP contribution >= 0.6 is 0 Å². The highest BCUT2D eigenvalue weighted by Crippen LogP contribution is 2.14. The molecule has 1 aromatic rings. The summed E-state index contributed by atoms with van der Waals surface area (Å²) in [7, 11) is 0. The smallest absolute Gasteiger partial charge is 0.354 e. The number of ether oxygens (including phenoxy) is 2. The van der Waals surface area contributed by atoms with E-state index in [0.29, 0.717) is 13.1 Å². The van der Waals surface area contributed by atoms with E-state index in [1.54, 1.807) is 13.8 Å². The fourth-order valence-corrected chi connectivity index (χ4v) is 2.77. The largest absolute Gasteiger partial charge is 0.463 e. The van der Waals surface area contributed by atoms with Crippen molar-refractivity contribution < 1.29 is 19.1 Å². The van der Waals surface area contributed by atoms with E-state index in [0.717, 1.165) is 19.6 Å². The third-order valence-electron chi connectivity index (χ3n) is 3.99. The number of hydrogen-bond acceptors (Lipinski definition) is 6. The van der Waals surface area contributed by atoms with Crippen molar-refractivity contribution in [1.29, 1.82) is 0 Å². The molecule has 1 aromatic carbocycles. The average Bonchev–Trinajstić information content (AvgIpc) is 2.62. The van der Waals surface area contributed by atoms with Gasteiger partial charge in [-0.25, -0.2) is 9.59 Å². The quantitative estimate of drug-likeness (QED) is 0.554. The third kappa shape index (κ3) is 5.90. The average molecular weight is 346 g/mol. The SMILES string of the molecule is CCOC(=O)/C=C(\C(=O)OCC)N1CCN(Cc2ccccc2)CC1. The summed E-state index contributed by atoms with van der Waals surface area (Å²) in [5.74, 6) is -0.996. The Bertz CT molecular complexity index is 593. The summed E-state index contributed by atoms with van der Waals surface area (Å²) in [6, 6.07) is 10.3. The Balaban J connectivity index is 1.98. The monoisotopic (exact) mass is 346 g/mol. The van der Waals surface area contributed by atoms with Gasteiger partial charge in [0.05, 0.1) is 19.3 Å². The Kier molecular flexibility index (Phi) is 7.47. The van der Waals surface area contributed by atoms with Gasteiger partial charge in [0, 0.05) is 32.7 Å². The van der Waals surface area contributed by atoms with Gasteiger partial charge in [0.1, 0.15) is 5.70 Å². The van der Waals surface area contributed by atoms with Gasteiger partial charge in [-0.3, -0.25) is 4.90 Å². The highest BCUT2D eigenvalue weighted by Gasteiger charge is 2.25. The van der Waals surface area contributed by atoms with Crippen LogP contribution in [0.4, 0.5) is 0 Å². The minimum atomic E-state index is -0.516. The van der Waals surface area contributed by atoms with Crippen molar-refractivity contribution >= 4 is 11.9 Å². The van der Waals surface area contributed by atoms with Crippen molar-refractivity contribution in [2.75, 3.05) is 39.4 Å². The molecule has 2 rings (SSSR count). The molecule has 1 aliphatic heterocycles. The Labute approximate surface area is 149 Å². The molecule has 0 spiro atoms. The van der Waals surface area contributed by atoms with Crippen LogP contribution in [0.25, 0.3) is 0 Å². The zero-order valence-corrected chi connectivity index (χ0v) is 14.9. The van der Waals surface area contributed by atoms with Crippen LogP contribution in [0, 0.1) is 0 Å². The van der Waals surface area contributed by atoms with E-state index in [4.69, 9.17) is 9.47 Å². The van der Waals surface area contributed by atoms with Crippen LogP contribution in [-0.2, 0) is 25.6 Å². The van der Waals surface area contributed by atoms with Crippen molar-refractivity contribution in [3.8, 4) is 0 Å². The van der Waals surface area contributed by atoms with Crippen molar-refractivity contribution in [3.63, 3.8) is 0 Å². The maximum Gasteiger partial charge on any atom is 0.354 e. The number of nitrogens with zero attached hydrogens (tertiary/aromatic N) is 2. The lowest BCUT2D eigenvalue weighted by Crippen LogP contribution is -2.46. The molecule has 0 unspecified atom stereocenters. The highest BCUT2D eigenvalue weighted by atomic mass is 16.5. The molecule has 0 N–H and O–H groups in total. The lowest BCUT2D eigenvalue weighted by molar-refractivity contribution is -0.142. The predicted molar refractivity (Wildman–Crippen MR) is 94.6 cm³/mol. The number of piperazine rings is 1. The fourth-order valence-electron chi connectivity index (χ4n) is 2.77. The van der Waals surface area contributed by atoms with Gasteiger partial charge in [-0.1, -0.05) is 30.3 Å². The van der Waals surface area contributed by atoms with Crippen molar-refractivity contribution in [3.05, 3.63) is 47.7 Å². The molecule has 1 fully saturated rings. The topological polar surface area (TPSA) is 59.1 Å². The van der Waals surface area contributed by atoms with Gasteiger partial charge in [0.2, 0.25) is 0 Å². The second-order valence-corrected chi connectivity index (χ2v) is 5.75. The first-order chi connectivity index (χ1) is 12.1. The standard InChI is InChI=1S/C19H26N2O4/c1-3-24-18(22)14-17(19(23)25-4-2)21-12-10-20(11-13-21)15-16-8-6-5-7-9-16/h5-9,14H,3-4,10-13,15H2,1-2H3/b17-14+. The van der Waals surface area contributed by atoms with E-state index in [2.05, 4.69) is 17.0 Å². The number of carbonyl (C=O) groups excluding carboxylic acids is 2. The first-order valence-electron chi connectivity index (χ1n) is 8.70. The molecule has 0 amide bonds. The Morgan fingerprint density at radius 2 is 1.64 bits per heavy atom. The van der Waals surface area contributed by atoms with E-state index in [9.17, 15) is 9.59 Å². The normalized spacial score (nSPS) is 15.8. The molecule has 0 aliphatic carbocycles. The van der Waals surface area contributed by atoms with Gasteiger partial charge in [-0.05, 0) is 19.4 Å². The number of hydrogen-bond donors (Lipinski definition) is 0. The summed E-state index contributed by atoms with van der Waals surface area (Å²) in [6.07, 6.45) is 1.24. The lowest BCUT2D eigenvalue weighted by atomic mass is 10.2. The zero-order valence-electron chi connectivity index (χ0n) is 14.9. The van der Waals surface area contributed by atoms with Gasteiger partial charge >= 0.3 is 11.9 Å². The van der Waals surface area contributed by atoms with Crippen LogP contribution in [0.5, 0.6) is 0 Å². The molecule has 25 heavy (non-hydrogen) atoms. The number of benzene rings is 1. The second kappa shape index (κ2) is 9.84. The van der Waals surface area contributed by atoms with Crippen molar-refractivity contribution in [2.45, 2.75) is 20.4 Å². The number of esters is 2. The third-order valence-corrected chi connectivity index (χ3v) is 3.99. The highest BCUT2D eigenvalue weighted by molar-refractivity contribution is 5.95. The van der Waals surface area contributed by atoms with Crippen molar-refractivity contribution in [1.82, 2.24) is 9.80 Å². The van der Waals surface area contributed by atoms with E-state index >= 15 is 0 Å². The van der Waals surface area contributed by atoms with E-state index in [1.165, 1.54) is 11.6 Å². The van der Waals surface area contributed by atoms with E-state index in [1.807, 2.05) is 23.1 Å². The van der Waals surface area contributed by atoms with Gasteiger partial charge in [-0.15, -0.1) is 0 Å². The molecule has 0 radical (unpaired) electrons. The van der Waals surface area contributed by atoms with Crippen LogP contribution in [0.1, 0.15) is 19.4 Å². The molecule has 6 heteroatoms. The lowest BCUT2D eigenvalue weighted by Gasteiger charge is -2.36. The molecule has 1 aliphatic rings. The van der Waals surface area contributed by atoms with Crippen LogP contribution in [0.2, 0.25) is 0 Å². The summed E-state index contributed by atoms with van der Waals surface area (Å²) < 4.78 is 10.0. The Morgan fingerprint density at radius 3 is 2.24 bits per heavy atom. The summed E-state index contributed by atoms with van der Waals surface area (Å²) in [6.45, 7) is 7.86.